The number of rotatable bonds is 4. The molecule has 2 bridgehead atoms. The zero-order valence-electron chi connectivity index (χ0n) is 16.4. The summed E-state index contributed by atoms with van der Waals surface area (Å²) >= 11 is 1.33. The first-order valence-electron chi connectivity index (χ1n) is 8.95. The maximum Gasteiger partial charge on any atom is 0.413 e. The molecule has 3 aromatic rings. The number of aromatic nitrogens is 1. The summed E-state index contributed by atoms with van der Waals surface area (Å²) in [6, 6.07) is 16.9. The molecule has 0 spiro atoms. The highest BCUT2D eigenvalue weighted by Gasteiger charge is 2.12. The molecular formula is C22H20N2O6S. The SMILES string of the molecule is C=Cc1csc(NC(=O)OCc2ccccc2)n1.O=C1OCc2cccc1c2.O=CO. The molecule has 0 aliphatic carbocycles. The van der Waals surface area contributed by atoms with Crippen LogP contribution in [0.4, 0.5) is 9.93 Å². The van der Waals surface area contributed by atoms with Crippen molar-refractivity contribution in [2.24, 2.45) is 0 Å². The molecule has 4 rings (SSSR count). The molecule has 0 saturated heterocycles. The molecule has 0 fully saturated rings. The maximum atomic E-state index is 11.5. The van der Waals surface area contributed by atoms with Crippen LogP contribution in [-0.2, 0) is 27.5 Å². The second-order valence-electron chi connectivity index (χ2n) is 5.85. The molecule has 2 heterocycles. The first kappa shape index (κ1) is 23.3. The molecule has 0 radical (unpaired) electrons. The van der Waals surface area contributed by atoms with Crippen LogP contribution in [0.3, 0.4) is 0 Å². The standard InChI is InChI=1S/C13H12N2O2S.C8H6O2.CH2O2/c1-2-11-9-18-12(14-11)15-13(16)17-8-10-6-4-3-5-7-10;9-8-7-3-1-2-6(4-7)5-10-8;2-1-3/h2-7,9H,1,8H2,(H,14,15,16);1-4H,5H2;1H,(H,2,3). The summed E-state index contributed by atoms with van der Waals surface area (Å²) in [7, 11) is 0. The zero-order valence-corrected chi connectivity index (χ0v) is 17.2. The van der Waals surface area contributed by atoms with Crippen LogP contribution >= 0.6 is 11.3 Å². The first-order chi connectivity index (χ1) is 15.0. The number of benzene rings is 2. The Kier molecular flexibility index (Phi) is 9.44. The highest BCUT2D eigenvalue weighted by Crippen LogP contribution is 2.16. The molecule has 160 valence electrons. The van der Waals surface area contributed by atoms with Gasteiger partial charge < -0.3 is 14.6 Å². The minimum Gasteiger partial charge on any atom is -0.483 e. The van der Waals surface area contributed by atoms with Crippen molar-refractivity contribution in [3.8, 4) is 0 Å². The van der Waals surface area contributed by atoms with E-state index in [1.54, 1.807) is 17.5 Å². The Balaban J connectivity index is 0.000000219. The van der Waals surface area contributed by atoms with Gasteiger partial charge in [-0.1, -0.05) is 49.0 Å². The second-order valence-corrected chi connectivity index (χ2v) is 6.71. The molecule has 8 nitrogen and oxygen atoms in total. The maximum absolute atomic E-state index is 11.5. The van der Waals surface area contributed by atoms with Crippen LogP contribution in [0.15, 0.2) is 66.6 Å². The van der Waals surface area contributed by atoms with Gasteiger partial charge in [-0.15, -0.1) is 11.3 Å². The third-order valence-corrected chi connectivity index (χ3v) is 4.46. The minimum atomic E-state index is -0.510. The lowest BCUT2D eigenvalue weighted by Gasteiger charge is -2.11. The van der Waals surface area contributed by atoms with Crippen molar-refractivity contribution in [3.05, 3.63) is 88.9 Å². The van der Waals surface area contributed by atoms with Crippen LogP contribution in [-0.4, -0.2) is 28.6 Å². The molecule has 2 N–H and O–H groups in total. The van der Waals surface area contributed by atoms with Gasteiger partial charge in [-0.2, -0.15) is 0 Å². The summed E-state index contributed by atoms with van der Waals surface area (Å²) in [6.07, 6.45) is 1.11. The smallest absolute Gasteiger partial charge is 0.413 e. The van der Waals surface area contributed by atoms with Gasteiger partial charge in [0.1, 0.15) is 13.2 Å². The molecule has 0 unspecified atom stereocenters. The van der Waals surface area contributed by atoms with Crippen LogP contribution in [0, 0.1) is 0 Å². The van der Waals surface area contributed by atoms with E-state index in [2.05, 4.69) is 16.9 Å². The number of carbonyl (C=O) groups is 3. The molecular weight excluding hydrogens is 420 g/mol. The summed E-state index contributed by atoms with van der Waals surface area (Å²) in [4.78, 5) is 34.8. The lowest BCUT2D eigenvalue weighted by atomic mass is 10.1. The van der Waals surface area contributed by atoms with Crippen LogP contribution in [0.1, 0.15) is 27.2 Å². The molecule has 31 heavy (non-hydrogen) atoms. The van der Waals surface area contributed by atoms with E-state index in [4.69, 9.17) is 19.4 Å². The zero-order chi connectivity index (χ0) is 22.5. The van der Waals surface area contributed by atoms with Crippen molar-refractivity contribution in [2.45, 2.75) is 13.2 Å². The summed E-state index contributed by atoms with van der Waals surface area (Å²) in [5.74, 6) is -0.215. The lowest BCUT2D eigenvalue weighted by molar-refractivity contribution is -0.122. The van der Waals surface area contributed by atoms with E-state index in [9.17, 15) is 9.59 Å². The van der Waals surface area contributed by atoms with Gasteiger partial charge in [-0.05, 0) is 29.3 Å². The van der Waals surface area contributed by atoms with Crippen molar-refractivity contribution in [1.82, 2.24) is 4.98 Å². The van der Waals surface area contributed by atoms with E-state index >= 15 is 0 Å². The van der Waals surface area contributed by atoms with Crippen molar-refractivity contribution < 1.29 is 29.0 Å². The molecule has 2 aromatic carbocycles. The van der Waals surface area contributed by atoms with Crippen molar-refractivity contribution >= 4 is 41.1 Å². The normalized spacial score (nSPS) is 10.8. The number of nitrogens with zero attached hydrogens (tertiary/aromatic N) is 1. The predicted molar refractivity (Wildman–Crippen MR) is 117 cm³/mol. The minimum absolute atomic E-state index is 0.215. The number of carboxylic acid groups (broad SMARTS) is 1. The molecule has 1 aliphatic rings. The van der Waals surface area contributed by atoms with E-state index in [-0.39, 0.29) is 19.0 Å². The van der Waals surface area contributed by atoms with E-state index in [1.807, 2.05) is 48.5 Å². The predicted octanol–water partition coefficient (Wildman–Crippen LogP) is 4.59. The van der Waals surface area contributed by atoms with Crippen LogP contribution in [0.5, 0.6) is 0 Å². The number of thiazole rings is 1. The van der Waals surface area contributed by atoms with E-state index in [0.29, 0.717) is 17.3 Å². The third-order valence-electron chi connectivity index (χ3n) is 3.69. The molecule has 1 amide bonds. The van der Waals surface area contributed by atoms with Gasteiger partial charge >= 0.3 is 12.1 Å². The lowest BCUT2D eigenvalue weighted by Crippen LogP contribution is -2.13. The number of cyclic esters (lactones) is 1. The Morgan fingerprint density at radius 3 is 2.65 bits per heavy atom. The Morgan fingerprint density at radius 2 is 2.00 bits per heavy atom. The molecule has 0 atom stereocenters. The second kappa shape index (κ2) is 12.6. The van der Waals surface area contributed by atoms with E-state index < -0.39 is 6.09 Å². The Bertz CT molecular complexity index is 1020. The van der Waals surface area contributed by atoms with E-state index in [1.165, 1.54) is 11.3 Å². The van der Waals surface area contributed by atoms with Crippen LogP contribution in [0.2, 0.25) is 0 Å². The Morgan fingerprint density at radius 1 is 1.26 bits per heavy atom. The van der Waals surface area contributed by atoms with Gasteiger partial charge in [-0.3, -0.25) is 10.1 Å². The fourth-order valence-corrected chi connectivity index (χ4v) is 2.99. The highest BCUT2D eigenvalue weighted by molar-refractivity contribution is 7.14. The number of hydrogen-bond donors (Lipinski definition) is 2. The Hall–Kier alpha value is -3.98. The highest BCUT2D eigenvalue weighted by atomic mass is 32.1. The van der Waals surface area contributed by atoms with Crippen molar-refractivity contribution in [3.63, 3.8) is 0 Å². The van der Waals surface area contributed by atoms with Crippen molar-refractivity contribution in [2.75, 3.05) is 5.32 Å². The number of anilines is 1. The van der Waals surface area contributed by atoms with Crippen LogP contribution < -0.4 is 5.32 Å². The number of esters is 1. The van der Waals surface area contributed by atoms with Gasteiger partial charge in [0.2, 0.25) is 0 Å². The number of hydrogen-bond acceptors (Lipinski definition) is 7. The average molecular weight is 440 g/mol. The topological polar surface area (TPSA) is 115 Å². The first-order valence-corrected chi connectivity index (χ1v) is 9.83. The largest absolute Gasteiger partial charge is 0.483 e. The molecule has 9 heteroatoms. The van der Waals surface area contributed by atoms with Gasteiger partial charge in [0.15, 0.2) is 5.13 Å². The monoisotopic (exact) mass is 440 g/mol. The molecule has 0 saturated carbocycles. The molecule has 1 aromatic heterocycles. The van der Waals surface area contributed by atoms with E-state index in [0.717, 1.165) is 16.8 Å². The number of amides is 1. The third kappa shape index (κ3) is 8.11. The number of fused-ring (bicyclic) bond motifs is 2. The number of carbonyl (C=O) groups excluding carboxylic acids is 2. The Labute approximate surface area is 182 Å². The summed E-state index contributed by atoms with van der Waals surface area (Å²) in [5.41, 5.74) is 3.40. The fraction of sp³-hybridized carbons (Fsp3) is 0.0909. The van der Waals surface area contributed by atoms with Gasteiger partial charge in [0.25, 0.3) is 6.47 Å². The quantitative estimate of drug-likeness (QED) is 0.450. The number of ether oxygens (including phenoxy) is 2. The van der Waals surface area contributed by atoms with Gasteiger partial charge in [0, 0.05) is 5.38 Å². The average Bonchev–Trinajstić information content (AvgIpc) is 3.25. The fourth-order valence-electron chi connectivity index (χ4n) is 2.30. The number of nitrogens with one attached hydrogen (secondary N) is 1. The summed E-state index contributed by atoms with van der Waals surface area (Å²) in [5, 5.41) is 11.8. The summed E-state index contributed by atoms with van der Waals surface area (Å²) < 4.78 is 9.88. The van der Waals surface area contributed by atoms with Crippen molar-refractivity contribution in [1.29, 1.82) is 0 Å². The summed E-state index contributed by atoms with van der Waals surface area (Å²) in [6.45, 7) is 4.02. The van der Waals surface area contributed by atoms with Crippen LogP contribution in [0.25, 0.3) is 6.08 Å². The van der Waals surface area contributed by atoms with Gasteiger partial charge in [-0.25, -0.2) is 14.6 Å². The van der Waals surface area contributed by atoms with Gasteiger partial charge in [0.05, 0.1) is 11.3 Å². The molecule has 1 aliphatic heterocycles.